The van der Waals surface area contributed by atoms with E-state index < -0.39 is 5.95 Å². The van der Waals surface area contributed by atoms with Gasteiger partial charge in [0.2, 0.25) is 5.95 Å². The van der Waals surface area contributed by atoms with Gasteiger partial charge in [-0.05, 0) is 18.6 Å². The Morgan fingerprint density at radius 3 is 3.00 bits per heavy atom. The van der Waals surface area contributed by atoms with Crippen LogP contribution in [0.3, 0.4) is 0 Å². The quantitative estimate of drug-likeness (QED) is 0.519. The van der Waals surface area contributed by atoms with E-state index in [2.05, 4.69) is 16.8 Å². The van der Waals surface area contributed by atoms with Crippen molar-refractivity contribution < 1.29 is 4.39 Å². The molecule has 2 nitrogen and oxygen atoms in total. The van der Waals surface area contributed by atoms with Gasteiger partial charge in [-0.2, -0.15) is 4.39 Å². The fourth-order valence-corrected chi connectivity index (χ4v) is 0.882. The third-order valence-corrected chi connectivity index (χ3v) is 1.57. The molecule has 0 aromatic carbocycles. The Balaban J connectivity index is 2.85. The van der Waals surface area contributed by atoms with E-state index in [1.165, 1.54) is 12.3 Å². The first-order chi connectivity index (χ1) is 6.24. The van der Waals surface area contributed by atoms with Crippen LogP contribution in [-0.2, 0) is 0 Å². The molecule has 0 atom stereocenters. The van der Waals surface area contributed by atoms with Gasteiger partial charge in [-0.3, -0.25) is 0 Å². The molecule has 0 fully saturated rings. The first-order valence-electron chi connectivity index (χ1n) is 4.05. The number of pyridine rings is 1. The minimum atomic E-state index is -0.470. The highest BCUT2D eigenvalue weighted by molar-refractivity contribution is 5.38. The molecule has 1 rings (SSSR count). The lowest BCUT2D eigenvalue weighted by atomic mass is 10.1. The van der Waals surface area contributed by atoms with Crippen molar-refractivity contribution in [2.75, 3.05) is 6.54 Å². The van der Waals surface area contributed by atoms with Crippen LogP contribution in [0.15, 0.2) is 12.3 Å². The van der Waals surface area contributed by atoms with Crippen LogP contribution in [0, 0.1) is 24.7 Å². The Morgan fingerprint density at radius 1 is 1.62 bits per heavy atom. The molecule has 0 aliphatic carbocycles. The van der Waals surface area contributed by atoms with Crippen molar-refractivity contribution in [1.82, 2.24) is 4.98 Å². The lowest BCUT2D eigenvalue weighted by Gasteiger charge is -1.95. The van der Waals surface area contributed by atoms with Crippen molar-refractivity contribution in [1.29, 1.82) is 0 Å². The summed E-state index contributed by atoms with van der Waals surface area (Å²) >= 11 is 0. The maximum atomic E-state index is 12.6. The molecule has 68 valence electrons. The third kappa shape index (κ3) is 2.85. The fourth-order valence-electron chi connectivity index (χ4n) is 0.882. The number of hydrogen-bond donors (Lipinski definition) is 1. The molecule has 1 heterocycles. The van der Waals surface area contributed by atoms with Gasteiger partial charge in [-0.15, -0.1) is 0 Å². The summed E-state index contributed by atoms with van der Waals surface area (Å²) in [5, 5.41) is 0. The van der Waals surface area contributed by atoms with E-state index in [-0.39, 0.29) is 0 Å². The molecule has 0 radical (unpaired) electrons. The molecule has 0 amide bonds. The molecule has 3 heteroatoms. The predicted molar refractivity (Wildman–Crippen MR) is 49.5 cm³/mol. The minimum absolute atomic E-state index is 0.470. The summed E-state index contributed by atoms with van der Waals surface area (Å²) in [6.07, 6.45) is 2.09. The van der Waals surface area contributed by atoms with Crippen LogP contribution < -0.4 is 5.73 Å². The summed E-state index contributed by atoms with van der Waals surface area (Å²) in [6.45, 7) is 2.35. The molecule has 2 N–H and O–H groups in total. The average molecular weight is 178 g/mol. The van der Waals surface area contributed by atoms with Crippen LogP contribution in [-0.4, -0.2) is 11.5 Å². The second-order valence-corrected chi connectivity index (χ2v) is 2.66. The molecular weight excluding hydrogens is 167 g/mol. The highest BCUT2D eigenvalue weighted by Gasteiger charge is 1.96. The lowest BCUT2D eigenvalue weighted by molar-refractivity contribution is 0.582. The zero-order valence-corrected chi connectivity index (χ0v) is 7.47. The van der Waals surface area contributed by atoms with E-state index in [1.54, 1.807) is 6.92 Å². The Hall–Kier alpha value is -1.40. The molecule has 1 aromatic rings. The molecule has 0 bridgehead atoms. The summed E-state index contributed by atoms with van der Waals surface area (Å²) in [4.78, 5) is 3.52. The van der Waals surface area contributed by atoms with E-state index in [1.807, 2.05) is 0 Å². The monoisotopic (exact) mass is 178 g/mol. The van der Waals surface area contributed by atoms with Gasteiger partial charge >= 0.3 is 0 Å². The molecule has 0 aliphatic rings. The van der Waals surface area contributed by atoms with Crippen molar-refractivity contribution in [3.05, 3.63) is 29.3 Å². The highest BCUT2D eigenvalue weighted by Crippen LogP contribution is 2.05. The molecule has 0 aliphatic heterocycles. The summed E-state index contributed by atoms with van der Waals surface area (Å²) in [5.41, 5.74) is 6.84. The van der Waals surface area contributed by atoms with Crippen molar-refractivity contribution in [3.63, 3.8) is 0 Å². The predicted octanol–water partition coefficient (Wildman–Crippen LogP) is 1.23. The Labute approximate surface area is 77.0 Å². The highest BCUT2D eigenvalue weighted by atomic mass is 19.1. The van der Waals surface area contributed by atoms with Gasteiger partial charge in [0.1, 0.15) is 0 Å². The molecule has 0 spiro atoms. The number of halogens is 1. The van der Waals surface area contributed by atoms with E-state index in [4.69, 9.17) is 5.73 Å². The minimum Gasteiger partial charge on any atom is -0.330 e. The Kier molecular flexibility index (Phi) is 3.41. The molecule has 0 saturated heterocycles. The summed E-state index contributed by atoms with van der Waals surface area (Å²) in [5.74, 6) is 5.29. The van der Waals surface area contributed by atoms with Gasteiger partial charge in [0, 0.05) is 24.7 Å². The van der Waals surface area contributed by atoms with E-state index >= 15 is 0 Å². The van der Waals surface area contributed by atoms with Crippen LogP contribution in [0.2, 0.25) is 0 Å². The molecule has 13 heavy (non-hydrogen) atoms. The first kappa shape index (κ1) is 9.69. The van der Waals surface area contributed by atoms with E-state index in [0.717, 1.165) is 11.1 Å². The standard InChI is InChI=1S/C10H11FN2/c1-8-6-10(11)13-7-9(8)4-2-3-5-12/h6-7H,3,5,12H2,1H3. The summed E-state index contributed by atoms with van der Waals surface area (Å²) in [7, 11) is 0. The van der Waals surface area contributed by atoms with Gasteiger partial charge in [-0.25, -0.2) is 4.98 Å². The van der Waals surface area contributed by atoms with E-state index in [0.29, 0.717) is 13.0 Å². The Bertz CT molecular complexity index is 350. The average Bonchev–Trinajstić information content (AvgIpc) is 2.09. The second kappa shape index (κ2) is 4.58. The number of aromatic nitrogens is 1. The van der Waals surface area contributed by atoms with Gasteiger partial charge < -0.3 is 5.73 Å². The summed E-state index contributed by atoms with van der Waals surface area (Å²) < 4.78 is 12.6. The van der Waals surface area contributed by atoms with Crippen LogP contribution in [0.5, 0.6) is 0 Å². The van der Waals surface area contributed by atoms with Gasteiger partial charge in [0.25, 0.3) is 0 Å². The van der Waals surface area contributed by atoms with Crippen LogP contribution in [0.25, 0.3) is 0 Å². The van der Waals surface area contributed by atoms with Crippen LogP contribution in [0.4, 0.5) is 4.39 Å². The maximum Gasteiger partial charge on any atom is 0.213 e. The lowest BCUT2D eigenvalue weighted by Crippen LogP contribution is -1.95. The largest absolute Gasteiger partial charge is 0.330 e. The zero-order valence-electron chi connectivity index (χ0n) is 7.47. The topological polar surface area (TPSA) is 38.9 Å². The second-order valence-electron chi connectivity index (χ2n) is 2.66. The number of hydrogen-bond acceptors (Lipinski definition) is 2. The van der Waals surface area contributed by atoms with Crippen molar-refractivity contribution in [2.24, 2.45) is 5.73 Å². The normalized spacial score (nSPS) is 9.15. The smallest absolute Gasteiger partial charge is 0.213 e. The molecule has 1 aromatic heterocycles. The van der Waals surface area contributed by atoms with Crippen molar-refractivity contribution in [2.45, 2.75) is 13.3 Å². The van der Waals surface area contributed by atoms with Gasteiger partial charge in [0.05, 0.1) is 0 Å². The van der Waals surface area contributed by atoms with E-state index in [9.17, 15) is 4.39 Å². The van der Waals surface area contributed by atoms with Crippen LogP contribution in [0.1, 0.15) is 17.5 Å². The van der Waals surface area contributed by atoms with Gasteiger partial charge in [-0.1, -0.05) is 11.8 Å². The first-order valence-corrected chi connectivity index (χ1v) is 4.05. The fraction of sp³-hybridized carbons (Fsp3) is 0.300. The molecular formula is C10H11FN2. The van der Waals surface area contributed by atoms with Gasteiger partial charge in [0.15, 0.2) is 0 Å². The maximum absolute atomic E-state index is 12.6. The molecule has 0 unspecified atom stereocenters. The number of rotatable bonds is 1. The number of aryl methyl sites for hydroxylation is 1. The molecule has 0 saturated carbocycles. The number of nitrogens with two attached hydrogens (primary N) is 1. The number of nitrogens with zero attached hydrogens (tertiary/aromatic N) is 1. The Morgan fingerprint density at radius 2 is 2.38 bits per heavy atom. The van der Waals surface area contributed by atoms with Crippen molar-refractivity contribution >= 4 is 0 Å². The summed E-state index contributed by atoms with van der Waals surface area (Å²) in [6, 6.07) is 1.37. The SMILES string of the molecule is Cc1cc(F)ncc1C#CCCN. The zero-order chi connectivity index (χ0) is 9.68. The third-order valence-electron chi connectivity index (χ3n) is 1.57. The van der Waals surface area contributed by atoms with Crippen LogP contribution >= 0.6 is 0 Å². The van der Waals surface area contributed by atoms with Crippen molar-refractivity contribution in [3.8, 4) is 11.8 Å².